The molecule has 126 valence electrons. The average Bonchev–Trinajstić information content (AvgIpc) is 2.61. The Bertz CT molecular complexity index is 915. The Morgan fingerprint density at radius 3 is 2.60 bits per heavy atom. The van der Waals surface area contributed by atoms with Gasteiger partial charge in [-0.3, -0.25) is 4.79 Å². The summed E-state index contributed by atoms with van der Waals surface area (Å²) in [5.74, 6) is -0.594. The summed E-state index contributed by atoms with van der Waals surface area (Å²) < 4.78 is 13.6. The minimum atomic E-state index is -0.539. The van der Waals surface area contributed by atoms with Gasteiger partial charge in [-0.25, -0.2) is 14.4 Å². The third-order valence-corrected chi connectivity index (χ3v) is 3.86. The van der Waals surface area contributed by atoms with Gasteiger partial charge in [-0.05, 0) is 36.8 Å². The first-order valence-electron chi connectivity index (χ1n) is 7.44. The molecule has 0 spiro atoms. The largest absolute Gasteiger partial charge is 0.339 e. The van der Waals surface area contributed by atoms with Crippen LogP contribution in [-0.2, 0) is 0 Å². The number of hydrogen-bond donors (Lipinski definition) is 2. The number of amides is 1. The van der Waals surface area contributed by atoms with E-state index in [4.69, 9.17) is 11.6 Å². The lowest BCUT2D eigenvalue weighted by Crippen LogP contribution is -2.15. The topological polar surface area (TPSA) is 66.9 Å². The SMILES string of the molecule is Cc1ccc(Nc2cnc(C(=O)Nc3ccccc3F)cn2)cc1Cl. The summed E-state index contributed by atoms with van der Waals surface area (Å²) in [5, 5.41) is 6.14. The second-order valence-corrected chi connectivity index (χ2v) is 5.72. The van der Waals surface area contributed by atoms with Gasteiger partial charge in [-0.15, -0.1) is 0 Å². The number of para-hydroxylation sites is 1. The van der Waals surface area contributed by atoms with Crippen LogP contribution in [0.4, 0.5) is 21.6 Å². The zero-order valence-electron chi connectivity index (χ0n) is 13.3. The highest BCUT2D eigenvalue weighted by Crippen LogP contribution is 2.22. The van der Waals surface area contributed by atoms with E-state index >= 15 is 0 Å². The van der Waals surface area contributed by atoms with Crippen LogP contribution in [-0.4, -0.2) is 15.9 Å². The van der Waals surface area contributed by atoms with Gasteiger partial charge in [0.25, 0.3) is 5.91 Å². The van der Waals surface area contributed by atoms with Crippen molar-refractivity contribution in [3.63, 3.8) is 0 Å². The highest BCUT2D eigenvalue weighted by Gasteiger charge is 2.11. The molecule has 0 unspecified atom stereocenters. The van der Waals surface area contributed by atoms with Gasteiger partial charge < -0.3 is 10.6 Å². The summed E-state index contributed by atoms with van der Waals surface area (Å²) in [6.45, 7) is 1.91. The third kappa shape index (κ3) is 4.10. The molecule has 0 aliphatic carbocycles. The molecule has 3 aromatic rings. The van der Waals surface area contributed by atoms with Crippen LogP contribution >= 0.6 is 11.6 Å². The average molecular weight is 357 g/mol. The molecule has 2 aromatic carbocycles. The second kappa shape index (κ2) is 7.27. The highest BCUT2D eigenvalue weighted by molar-refractivity contribution is 6.31. The van der Waals surface area contributed by atoms with Crippen LogP contribution < -0.4 is 10.6 Å². The molecule has 0 saturated heterocycles. The molecule has 1 aromatic heterocycles. The van der Waals surface area contributed by atoms with Gasteiger partial charge in [-0.1, -0.05) is 29.8 Å². The Morgan fingerprint density at radius 1 is 1.12 bits per heavy atom. The number of carbonyl (C=O) groups excluding carboxylic acids is 1. The van der Waals surface area contributed by atoms with Crippen LogP contribution in [0, 0.1) is 12.7 Å². The molecular formula is C18H14ClFN4O. The summed E-state index contributed by atoms with van der Waals surface area (Å²) in [7, 11) is 0. The predicted octanol–water partition coefficient (Wildman–Crippen LogP) is 4.57. The van der Waals surface area contributed by atoms with E-state index in [0.29, 0.717) is 10.8 Å². The van der Waals surface area contributed by atoms with Crippen molar-refractivity contribution in [2.75, 3.05) is 10.6 Å². The van der Waals surface area contributed by atoms with Crippen LogP contribution in [0.15, 0.2) is 54.9 Å². The summed E-state index contributed by atoms with van der Waals surface area (Å²) in [5.41, 5.74) is 1.90. The number of aromatic nitrogens is 2. The summed E-state index contributed by atoms with van der Waals surface area (Å²) in [4.78, 5) is 20.3. The van der Waals surface area contributed by atoms with Crippen LogP contribution in [0.5, 0.6) is 0 Å². The molecule has 0 fully saturated rings. The molecule has 5 nitrogen and oxygen atoms in total. The van der Waals surface area contributed by atoms with E-state index in [2.05, 4.69) is 20.6 Å². The van der Waals surface area contributed by atoms with Crippen LogP contribution in [0.2, 0.25) is 5.02 Å². The van der Waals surface area contributed by atoms with Gasteiger partial charge in [0.15, 0.2) is 0 Å². The smallest absolute Gasteiger partial charge is 0.275 e. The first-order valence-corrected chi connectivity index (χ1v) is 7.82. The van der Waals surface area contributed by atoms with Gasteiger partial charge in [0.2, 0.25) is 0 Å². The number of benzene rings is 2. The molecule has 25 heavy (non-hydrogen) atoms. The Kier molecular flexibility index (Phi) is 4.90. The summed E-state index contributed by atoms with van der Waals surface area (Å²) in [6.07, 6.45) is 2.73. The molecular weight excluding hydrogens is 343 g/mol. The number of carbonyl (C=O) groups is 1. The molecule has 7 heteroatoms. The number of aryl methyl sites for hydroxylation is 1. The van der Waals surface area contributed by atoms with Crippen LogP contribution in [0.25, 0.3) is 0 Å². The van der Waals surface area contributed by atoms with E-state index in [9.17, 15) is 9.18 Å². The van der Waals surface area contributed by atoms with E-state index < -0.39 is 11.7 Å². The van der Waals surface area contributed by atoms with Gasteiger partial charge >= 0.3 is 0 Å². The number of halogens is 2. The van der Waals surface area contributed by atoms with E-state index in [-0.39, 0.29) is 11.4 Å². The van der Waals surface area contributed by atoms with Crippen molar-refractivity contribution in [1.82, 2.24) is 9.97 Å². The Balaban J connectivity index is 1.70. The van der Waals surface area contributed by atoms with E-state index in [1.807, 2.05) is 19.1 Å². The molecule has 0 atom stereocenters. The lowest BCUT2D eigenvalue weighted by Gasteiger charge is -2.08. The standard InChI is InChI=1S/C18H14ClFN4O/c1-11-6-7-12(8-13(11)19)23-17-10-21-16(9-22-17)18(25)24-15-5-3-2-4-14(15)20/h2-10H,1H3,(H,22,23)(H,24,25). The van der Waals surface area contributed by atoms with Crippen molar-refractivity contribution in [2.45, 2.75) is 6.92 Å². The number of hydrogen-bond acceptors (Lipinski definition) is 4. The van der Waals surface area contributed by atoms with E-state index in [1.165, 1.54) is 24.5 Å². The quantitative estimate of drug-likeness (QED) is 0.718. The van der Waals surface area contributed by atoms with Crippen molar-refractivity contribution in [1.29, 1.82) is 0 Å². The Labute approximate surface area is 148 Å². The fourth-order valence-electron chi connectivity index (χ4n) is 2.08. The first kappa shape index (κ1) is 16.9. The van der Waals surface area contributed by atoms with Crippen molar-refractivity contribution < 1.29 is 9.18 Å². The maximum absolute atomic E-state index is 13.6. The zero-order valence-corrected chi connectivity index (χ0v) is 14.0. The number of nitrogens with one attached hydrogen (secondary N) is 2. The molecule has 3 rings (SSSR count). The molecule has 1 heterocycles. The highest BCUT2D eigenvalue weighted by atomic mass is 35.5. The van der Waals surface area contributed by atoms with E-state index in [0.717, 1.165) is 11.3 Å². The lowest BCUT2D eigenvalue weighted by atomic mass is 10.2. The first-order chi connectivity index (χ1) is 12.0. The summed E-state index contributed by atoms with van der Waals surface area (Å²) >= 11 is 6.08. The lowest BCUT2D eigenvalue weighted by molar-refractivity contribution is 0.102. The molecule has 0 saturated carbocycles. The fraction of sp³-hybridized carbons (Fsp3) is 0.0556. The number of anilines is 3. The maximum Gasteiger partial charge on any atom is 0.275 e. The van der Waals surface area contributed by atoms with Crippen LogP contribution in [0.3, 0.4) is 0 Å². The van der Waals surface area contributed by atoms with Crippen molar-refractivity contribution in [2.24, 2.45) is 0 Å². The molecule has 0 aliphatic rings. The van der Waals surface area contributed by atoms with Crippen molar-refractivity contribution in [3.8, 4) is 0 Å². The molecule has 1 amide bonds. The predicted molar refractivity (Wildman–Crippen MR) is 95.9 cm³/mol. The van der Waals surface area contributed by atoms with Gasteiger partial charge in [0, 0.05) is 10.7 Å². The Hall–Kier alpha value is -2.99. The molecule has 0 aliphatic heterocycles. The minimum Gasteiger partial charge on any atom is -0.339 e. The second-order valence-electron chi connectivity index (χ2n) is 5.31. The van der Waals surface area contributed by atoms with Gasteiger partial charge in [-0.2, -0.15) is 0 Å². The summed E-state index contributed by atoms with van der Waals surface area (Å²) in [6, 6.07) is 11.4. The zero-order chi connectivity index (χ0) is 17.8. The molecule has 0 bridgehead atoms. The Morgan fingerprint density at radius 2 is 1.92 bits per heavy atom. The third-order valence-electron chi connectivity index (χ3n) is 3.45. The maximum atomic E-state index is 13.6. The molecule has 2 N–H and O–H groups in total. The fourth-order valence-corrected chi connectivity index (χ4v) is 2.26. The number of nitrogens with zero attached hydrogens (tertiary/aromatic N) is 2. The molecule has 0 radical (unpaired) electrons. The normalized spacial score (nSPS) is 10.4. The number of rotatable bonds is 4. The van der Waals surface area contributed by atoms with Crippen molar-refractivity contribution >= 4 is 34.7 Å². The van der Waals surface area contributed by atoms with Crippen molar-refractivity contribution in [3.05, 3.63) is 77.0 Å². The monoisotopic (exact) mass is 356 g/mol. The van der Waals surface area contributed by atoms with Crippen LogP contribution in [0.1, 0.15) is 16.1 Å². The van der Waals surface area contributed by atoms with E-state index in [1.54, 1.807) is 18.2 Å². The van der Waals surface area contributed by atoms with Gasteiger partial charge in [0.1, 0.15) is 17.3 Å². The van der Waals surface area contributed by atoms with Gasteiger partial charge in [0.05, 0.1) is 18.1 Å². The minimum absolute atomic E-state index is 0.0794.